The Morgan fingerprint density at radius 1 is 1.50 bits per heavy atom. The summed E-state index contributed by atoms with van der Waals surface area (Å²) in [5.41, 5.74) is 0. The second kappa shape index (κ2) is 5.03. The largest absolute Gasteiger partial charge is 0.149 e. The summed E-state index contributed by atoms with van der Waals surface area (Å²) in [6.45, 7) is 4.52. The molecule has 1 rings (SSSR count). The van der Waals surface area contributed by atoms with Crippen LogP contribution in [-0.2, 0) is 6.42 Å². The SMILES string of the molecule is CC(Br)C(C)CCc1cccs1. The number of alkyl halides is 1. The highest BCUT2D eigenvalue weighted by atomic mass is 79.9. The van der Waals surface area contributed by atoms with E-state index in [0.717, 1.165) is 5.92 Å². The van der Waals surface area contributed by atoms with Crippen molar-refractivity contribution in [1.82, 2.24) is 0 Å². The quantitative estimate of drug-likeness (QED) is 0.702. The molecule has 0 nitrogen and oxygen atoms in total. The van der Waals surface area contributed by atoms with Crippen molar-refractivity contribution < 1.29 is 0 Å². The third-order valence-corrected chi connectivity index (χ3v) is 4.05. The van der Waals surface area contributed by atoms with Gasteiger partial charge in [-0.25, -0.2) is 0 Å². The van der Waals surface area contributed by atoms with Gasteiger partial charge in [-0.2, -0.15) is 0 Å². The second-order valence-corrected chi connectivity index (χ2v) is 5.75. The monoisotopic (exact) mass is 246 g/mol. The van der Waals surface area contributed by atoms with Crippen LogP contribution in [0.4, 0.5) is 0 Å². The molecule has 0 N–H and O–H groups in total. The average molecular weight is 247 g/mol. The molecule has 1 heterocycles. The molecule has 68 valence electrons. The lowest BCUT2D eigenvalue weighted by Crippen LogP contribution is -2.06. The van der Waals surface area contributed by atoms with Crippen molar-refractivity contribution in [3.8, 4) is 0 Å². The van der Waals surface area contributed by atoms with Gasteiger partial charge in [-0.3, -0.25) is 0 Å². The number of hydrogen-bond donors (Lipinski definition) is 0. The van der Waals surface area contributed by atoms with Crippen LogP contribution < -0.4 is 0 Å². The summed E-state index contributed by atoms with van der Waals surface area (Å²) < 4.78 is 0. The van der Waals surface area contributed by atoms with E-state index < -0.39 is 0 Å². The van der Waals surface area contributed by atoms with Crippen molar-refractivity contribution in [3.05, 3.63) is 22.4 Å². The van der Waals surface area contributed by atoms with E-state index in [1.54, 1.807) is 0 Å². The van der Waals surface area contributed by atoms with E-state index in [4.69, 9.17) is 0 Å². The lowest BCUT2D eigenvalue weighted by atomic mass is 10.0. The van der Waals surface area contributed by atoms with Gasteiger partial charge in [-0.1, -0.05) is 35.8 Å². The maximum Gasteiger partial charge on any atom is 0.0143 e. The molecule has 0 bridgehead atoms. The number of halogens is 1. The maximum atomic E-state index is 3.61. The molecule has 0 aliphatic heterocycles. The molecule has 0 saturated heterocycles. The second-order valence-electron chi connectivity index (χ2n) is 3.27. The Bertz CT molecular complexity index is 204. The Kier molecular flexibility index (Phi) is 4.30. The van der Waals surface area contributed by atoms with E-state index in [0.29, 0.717) is 4.83 Å². The zero-order valence-corrected chi connectivity index (χ0v) is 9.99. The zero-order valence-electron chi connectivity index (χ0n) is 7.59. The summed E-state index contributed by atoms with van der Waals surface area (Å²) in [5, 5.41) is 2.15. The molecule has 0 spiro atoms. The van der Waals surface area contributed by atoms with Crippen LogP contribution in [0.3, 0.4) is 0 Å². The molecule has 12 heavy (non-hydrogen) atoms. The van der Waals surface area contributed by atoms with E-state index in [9.17, 15) is 0 Å². The molecule has 0 fully saturated rings. The Labute approximate surface area is 87.1 Å². The van der Waals surface area contributed by atoms with Gasteiger partial charge in [0.25, 0.3) is 0 Å². The third kappa shape index (κ3) is 3.28. The van der Waals surface area contributed by atoms with Crippen LogP contribution in [0.1, 0.15) is 25.1 Å². The Balaban J connectivity index is 2.27. The van der Waals surface area contributed by atoms with E-state index in [1.807, 2.05) is 11.3 Å². The Hall–Kier alpha value is 0.180. The number of hydrogen-bond acceptors (Lipinski definition) is 1. The smallest absolute Gasteiger partial charge is 0.0143 e. The first-order valence-corrected chi connectivity index (χ1v) is 6.16. The maximum absolute atomic E-state index is 3.61. The van der Waals surface area contributed by atoms with Gasteiger partial charge >= 0.3 is 0 Å². The summed E-state index contributed by atoms with van der Waals surface area (Å²) in [7, 11) is 0. The minimum absolute atomic E-state index is 0.637. The molecule has 0 aromatic carbocycles. The minimum atomic E-state index is 0.637. The van der Waals surface area contributed by atoms with Crippen molar-refractivity contribution in [2.24, 2.45) is 5.92 Å². The van der Waals surface area contributed by atoms with Crippen molar-refractivity contribution in [2.45, 2.75) is 31.5 Å². The lowest BCUT2D eigenvalue weighted by Gasteiger charge is -2.12. The van der Waals surface area contributed by atoms with Crippen molar-refractivity contribution in [2.75, 3.05) is 0 Å². The van der Waals surface area contributed by atoms with Gasteiger partial charge in [0.15, 0.2) is 0 Å². The van der Waals surface area contributed by atoms with E-state index >= 15 is 0 Å². The fourth-order valence-corrected chi connectivity index (χ4v) is 2.04. The molecule has 1 aromatic heterocycles. The summed E-state index contributed by atoms with van der Waals surface area (Å²) in [4.78, 5) is 2.15. The average Bonchev–Trinajstić information content (AvgIpc) is 2.51. The third-order valence-electron chi connectivity index (χ3n) is 2.21. The Morgan fingerprint density at radius 2 is 2.25 bits per heavy atom. The van der Waals surface area contributed by atoms with Crippen LogP contribution in [0.2, 0.25) is 0 Å². The summed E-state index contributed by atoms with van der Waals surface area (Å²) >= 11 is 5.47. The number of rotatable bonds is 4. The summed E-state index contributed by atoms with van der Waals surface area (Å²) in [6, 6.07) is 4.35. The first-order valence-electron chi connectivity index (χ1n) is 4.36. The van der Waals surface area contributed by atoms with E-state index in [1.165, 1.54) is 17.7 Å². The molecule has 1 aromatic rings. The van der Waals surface area contributed by atoms with Gasteiger partial charge in [-0.15, -0.1) is 11.3 Å². The van der Waals surface area contributed by atoms with Gasteiger partial charge in [0.2, 0.25) is 0 Å². The number of thiophene rings is 1. The number of aryl methyl sites for hydroxylation is 1. The predicted molar refractivity (Wildman–Crippen MR) is 60.2 cm³/mol. The van der Waals surface area contributed by atoms with Crippen LogP contribution in [-0.4, -0.2) is 4.83 Å². The highest BCUT2D eigenvalue weighted by molar-refractivity contribution is 9.09. The first-order chi connectivity index (χ1) is 5.70. The van der Waals surface area contributed by atoms with Crippen LogP contribution in [0, 0.1) is 5.92 Å². The van der Waals surface area contributed by atoms with Crippen molar-refractivity contribution in [3.63, 3.8) is 0 Å². The fraction of sp³-hybridized carbons (Fsp3) is 0.600. The normalized spacial score (nSPS) is 15.9. The van der Waals surface area contributed by atoms with Crippen molar-refractivity contribution in [1.29, 1.82) is 0 Å². The first kappa shape index (κ1) is 10.3. The van der Waals surface area contributed by atoms with Crippen LogP contribution >= 0.6 is 27.3 Å². The molecule has 2 heteroatoms. The summed E-state index contributed by atoms with van der Waals surface area (Å²) in [6.07, 6.45) is 2.52. The topological polar surface area (TPSA) is 0 Å². The standard InChI is InChI=1S/C10H15BrS/c1-8(9(2)11)5-6-10-4-3-7-12-10/h3-4,7-9H,5-6H2,1-2H3. The molecule has 0 radical (unpaired) electrons. The highest BCUT2D eigenvalue weighted by Gasteiger charge is 2.08. The van der Waals surface area contributed by atoms with E-state index in [-0.39, 0.29) is 0 Å². The lowest BCUT2D eigenvalue weighted by molar-refractivity contribution is 0.536. The molecule has 0 aliphatic rings. The van der Waals surface area contributed by atoms with Crippen LogP contribution in [0.15, 0.2) is 17.5 Å². The van der Waals surface area contributed by atoms with Gasteiger partial charge in [0.05, 0.1) is 0 Å². The summed E-state index contributed by atoms with van der Waals surface area (Å²) in [5.74, 6) is 0.770. The van der Waals surface area contributed by atoms with Crippen LogP contribution in [0.5, 0.6) is 0 Å². The van der Waals surface area contributed by atoms with E-state index in [2.05, 4.69) is 47.3 Å². The fourth-order valence-electron chi connectivity index (χ4n) is 1.05. The molecule has 0 aliphatic carbocycles. The van der Waals surface area contributed by atoms with Gasteiger partial charge < -0.3 is 0 Å². The van der Waals surface area contributed by atoms with Crippen LogP contribution in [0.25, 0.3) is 0 Å². The zero-order chi connectivity index (χ0) is 8.97. The molecule has 0 amide bonds. The van der Waals surface area contributed by atoms with Gasteiger partial charge in [0.1, 0.15) is 0 Å². The Morgan fingerprint density at radius 3 is 2.75 bits per heavy atom. The minimum Gasteiger partial charge on any atom is -0.149 e. The molecule has 2 unspecified atom stereocenters. The van der Waals surface area contributed by atoms with Gasteiger partial charge in [-0.05, 0) is 30.2 Å². The molecular weight excluding hydrogens is 232 g/mol. The highest BCUT2D eigenvalue weighted by Crippen LogP contribution is 2.19. The van der Waals surface area contributed by atoms with Crippen molar-refractivity contribution >= 4 is 27.3 Å². The van der Waals surface area contributed by atoms with Gasteiger partial charge in [0, 0.05) is 9.70 Å². The molecule has 0 saturated carbocycles. The molecule has 2 atom stereocenters. The predicted octanol–water partition coefficient (Wildman–Crippen LogP) is 4.10. The molecular formula is C10H15BrS.